The highest BCUT2D eigenvalue weighted by Crippen LogP contribution is 2.30. The van der Waals surface area contributed by atoms with Crippen molar-refractivity contribution < 1.29 is 28.9 Å². The minimum absolute atomic E-state index is 0.222. The summed E-state index contributed by atoms with van der Waals surface area (Å²) in [6, 6.07) is 4.82. The van der Waals surface area contributed by atoms with Gasteiger partial charge in [0, 0.05) is 12.0 Å². The van der Waals surface area contributed by atoms with Crippen LogP contribution in [0.1, 0.15) is 16.8 Å². The maximum Gasteiger partial charge on any atom is 0.336 e. The van der Waals surface area contributed by atoms with Crippen molar-refractivity contribution in [3.8, 4) is 11.5 Å². The van der Waals surface area contributed by atoms with Crippen LogP contribution in [-0.4, -0.2) is 50.0 Å². The maximum absolute atomic E-state index is 12.0. The fourth-order valence-corrected chi connectivity index (χ4v) is 1.82. The zero-order valence-corrected chi connectivity index (χ0v) is 11.6. The lowest BCUT2D eigenvalue weighted by molar-refractivity contribution is -0.149. The summed E-state index contributed by atoms with van der Waals surface area (Å²) in [7, 11) is 1.16. The van der Waals surface area contributed by atoms with Crippen LogP contribution in [0.2, 0.25) is 0 Å². The van der Waals surface area contributed by atoms with Gasteiger partial charge in [-0.15, -0.1) is 0 Å². The molecule has 1 aromatic carbocycles. The second kappa shape index (κ2) is 6.94. The Labute approximate surface area is 121 Å². The summed E-state index contributed by atoms with van der Waals surface area (Å²) < 4.78 is 15.3. The average Bonchev–Trinajstić information content (AvgIpc) is 2.75. The highest BCUT2D eigenvalue weighted by Gasteiger charge is 2.18. The number of aliphatic hydroxyl groups excluding tert-OH is 1. The summed E-state index contributed by atoms with van der Waals surface area (Å²) in [5.74, 6) is -0.116. The molecule has 1 aliphatic rings. The number of benzene rings is 1. The largest absolute Gasteiger partial charge is 0.490 e. The molecular formula is C14H17NO6. The lowest BCUT2D eigenvalue weighted by atomic mass is 10.2. The molecule has 2 N–H and O–H groups in total. The Morgan fingerprint density at radius 1 is 1.33 bits per heavy atom. The number of rotatable bonds is 4. The van der Waals surface area contributed by atoms with Gasteiger partial charge in [-0.25, -0.2) is 4.79 Å². The van der Waals surface area contributed by atoms with E-state index in [4.69, 9.17) is 9.47 Å². The van der Waals surface area contributed by atoms with Crippen molar-refractivity contribution in [3.63, 3.8) is 0 Å². The molecule has 7 heteroatoms. The van der Waals surface area contributed by atoms with Gasteiger partial charge in [0.25, 0.3) is 5.91 Å². The molecule has 7 nitrogen and oxygen atoms in total. The third-order valence-corrected chi connectivity index (χ3v) is 2.94. The number of amides is 1. The standard InChI is InChI=1S/C14H17NO6/c1-19-14(18)10(16)8-15-13(17)9-3-4-11-12(7-9)21-6-2-5-20-11/h3-4,7,10,16H,2,5-6,8H2,1H3,(H,15,17). The van der Waals surface area contributed by atoms with E-state index in [9.17, 15) is 14.7 Å². The number of aliphatic hydroxyl groups is 1. The van der Waals surface area contributed by atoms with Gasteiger partial charge in [0.1, 0.15) is 0 Å². The maximum atomic E-state index is 12.0. The molecule has 0 spiro atoms. The van der Waals surface area contributed by atoms with E-state index in [1.807, 2.05) is 0 Å². The summed E-state index contributed by atoms with van der Waals surface area (Å²) in [4.78, 5) is 23.0. The second-order valence-electron chi connectivity index (χ2n) is 4.46. The van der Waals surface area contributed by atoms with Gasteiger partial charge in [-0.3, -0.25) is 4.79 Å². The van der Waals surface area contributed by atoms with Crippen LogP contribution in [0.3, 0.4) is 0 Å². The molecule has 1 aliphatic heterocycles. The van der Waals surface area contributed by atoms with Crippen molar-refractivity contribution in [1.82, 2.24) is 5.32 Å². The molecule has 0 aliphatic carbocycles. The van der Waals surface area contributed by atoms with Crippen molar-refractivity contribution in [1.29, 1.82) is 0 Å². The van der Waals surface area contributed by atoms with Crippen molar-refractivity contribution in [2.24, 2.45) is 0 Å². The third-order valence-electron chi connectivity index (χ3n) is 2.94. The van der Waals surface area contributed by atoms with Crippen LogP contribution in [0.15, 0.2) is 18.2 Å². The van der Waals surface area contributed by atoms with Crippen LogP contribution in [-0.2, 0) is 9.53 Å². The number of nitrogens with one attached hydrogen (secondary N) is 1. The van der Waals surface area contributed by atoms with Crippen LogP contribution < -0.4 is 14.8 Å². The van der Waals surface area contributed by atoms with Gasteiger partial charge in [0.05, 0.1) is 26.9 Å². The van der Waals surface area contributed by atoms with Gasteiger partial charge in [0.15, 0.2) is 17.6 Å². The fourth-order valence-electron chi connectivity index (χ4n) is 1.82. The minimum atomic E-state index is -1.39. The Morgan fingerprint density at radius 3 is 2.76 bits per heavy atom. The van der Waals surface area contributed by atoms with Crippen molar-refractivity contribution in [3.05, 3.63) is 23.8 Å². The number of methoxy groups -OCH3 is 1. The zero-order chi connectivity index (χ0) is 15.2. The van der Waals surface area contributed by atoms with E-state index in [1.165, 1.54) is 0 Å². The first-order chi connectivity index (χ1) is 10.1. The van der Waals surface area contributed by atoms with Crippen molar-refractivity contribution in [2.75, 3.05) is 26.9 Å². The highest BCUT2D eigenvalue weighted by molar-refractivity contribution is 5.95. The van der Waals surface area contributed by atoms with E-state index < -0.39 is 18.0 Å². The number of ether oxygens (including phenoxy) is 3. The van der Waals surface area contributed by atoms with Crippen LogP contribution in [0.25, 0.3) is 0 Å². The average molecular weight is 295 g/mol. The number of fused-ring (bicyclic) bond motifs is 1. The van der Waals surface area contributed by atoms with E-state index in [0.29, 0.717) is 30.3 Å². The molecular weight excluding hydrogens is 278 g/mol. The van der Waals surface area contributed by atoms with Gasteiger partial charge in [-0.1, -0.05) is 0 Å². The summed E-state index contributed by atoms with van der Waals surface area (Å²) in [6.07, 6.45) is -0.610. The van der Waals surface area contributed by atoms with E-state index in [-0.39, 0.29) is 6.54 Å². The number of esters is 1. The second-order valence-corrected chi connectivity index (χ2v) is 4.46. The highest BCUT2D eigenvalue weighted by atomic mass is 16.5. The molecule has 0 bridgehead atoms. The van der Waals surface area contributed by atoms with Crippen LogP contribution >= 0.6 is 0 Å². The molecule has 114 valence electrons. The molecule has 1 unspecified atom stereocenters. The first-order valence-corrected chi connectivity index (χ1v) is 6.55. The molecule has 21 heavy (non-hydrogen) atoms. The van der Waals surface area contributed by atoms with E-state index >= 15 is 0 Å². The summed E-state index contributed by atoms with van der Waals surface area (Å²) in [5.41, 5.74) is 0.358. The lowest BCUT2D eigenvalue weighted by Crippen LogP contribution is -2.37. The Bertz CT molecular complexity index is 530. The minimum Gasteiger partial charge on any atom is -0.490 e. The van der Waals surface area contributed by atoms with Gasteiger partial charge >= 0.3 is 5.97 Å². The summed E-state index contributed by atoms with van der Waals surface area (Å²) >= 11 is 0. The van der Waals surface area contributed by atoms with Crippen molar-refractivity contribution in [2.45, 2.75) is 12.5 Å². The topological polar surface area (TPSA) is 94.1 Å². The van der Waals surface area contributed by atoms with Gasteiger partial charge in [-0.05, 0) is 18.2 Å². The van der Waals surface area contributed by atoms with E-state index in [2.05, 4.69) is 10.1 Å². The number of hydrogen-bond donors (Lipinski definition) is 2. The molecule has 0 saturated heterocycles. The molecule has 0 saturated carbocycles. The lowest BCUT2D eigenvalue weighted by Gasteiger charge is -2.11. The number of carbonyl (C=O) groups excluding carboxylic acids is 2. The molecule has 1 amide bonds. The Hall–Kier alpha value is -2.28. The normalized spacial score (nSPS) is 14.8. The fraction of sp³-hybridized carbons (Fsp3) is 0.429. The molecule has 1 atom stereocenters. The van der Waals surface area contributed by atoms with Gasteiger partial charge in [0.2, 0.25) is 0 Å². The van der Waals surface area contributed by atoms with Gasteiger partial charge < -0.3 is 24.6 Å². The number of hydrogen-bond acceptors (Lipinski definition) is 6. The molecule has 1 aromatic rings. The van der Waals surface area contributed by atoms with Gasteiger partial charge in [-0.2, -0.15) is 0 Å². The molecule has 1 heterocycles. The first-order valence-electron chi connectivity index (χ1n) is 6.55. The Kier molecular flexibility index (Phi) is 4.99. The summed E-state index contributed by atoms with van der Waals surface area (Å²) in [5, 5.41) is 11.9. The zero-order valence-electron chi connectivity index (χ0n) is 11.6. The van der Waals surface area contributed by atoms with E-state index in [0.717, 1.165) is 13.5 Å². The Balaban J connectivity index is 1.99. The molecule has 0 aromatic heterocycles. The van der Waals surface area contributed by atoms with E-state index in [1.54, 1.807) is 18.2 Å². The smallest absolute Gasteiger partial charge is 0.336 e. The predicted octanol–water partition coefficient (Wildman–Crippen LogP) is 0.112. The van der Waals surface area contributed by atoms with Crippen LogP contribution in [0, 0.1) is 0 Å². The molecule has 2 rings (SSSR count). The van der Waals surface area contributed by atoms with Crippen LogP contribution in [0.4, 0.5) is 0 Å². The first kappa shape index (κ1) is 15.1. The number of carbonyl (C=O) groups is 2. The quantitative estimate of drug-likeness (QED) is 0.766. The summed E-state index contributed by atoms with van der Waals surface area (Å²) in [6.45, 7) is 0.878. The monoisotopic (exact) mass is 295 g/mol. The Morgan fingerprint density at radius 2 is 2.05 bits per heavy atom. The predicted molar refractivity (Wildman–Crippen MR) is 72.4 cm³/mol. The van der Waals surface area contributed by atoms with Crippen molar-refractivity contribution >= 4 is 11.9 Å². The third kappa shape index (κ3) is 3.85. The molecule has 0 radical (unpaired) electrons. The SMILES string of the molecule is COC(=O)C(O)CNC(=O)c1ccc2c(c1)OCCCO2. The molecule has 0 fully saturated rings. The van der Waals surface area contributed by atoms with Crippen LogP contribution in [0.5, 0.6) is 11.5 Å².